The van der Waals surface area contributed by atoms with Gasteiger partial charge in [0, 0.05) is 5.22 Å². The van der Waals surface area contributed by atoms with Crippen LogP contribution >= 0.6 is 0 Å². The van der Waals surface area contributed by atoms with E-state index in [9.17, 15) is 0 Å². The summed E-state index contributed by atoms with van der Waals surface area (Å²) in [6.07, 6.45) is 0. The molecule has 0 amide bonds. The molecule has 0 saturated heterocycles. The Labute approximate surface area is 87.9 Å². The maximum atomic E-state index is 5.63. The summed E-state index contributed by atoms with van der Waals surface area (Å²) in [6.45, 7) is 2.74. The monoisotopic (exact) mass is 196 g/mol. The van der Waals surface area contributed by atoms with Crippen LogP contribution in [0.25, 0.3) is 0 Å². The van der Waals surface area contributed by atoms with Crippen LogP contribution in [-0.4, -0.2) is 6.61 Å². The highest BCUT2D eigenvalue weighted by Crippen LogP contribution is 2.21. The molecule has 0 spiro atoms. The first-order valence-corrected chi connectivity index (χ1v) is 5.27. The fourth-order valence-corrected chi connectivity index (χ4v) is 2.18. The molecule has 0 heterocycles. The highest BCUT2D eigenvalue weighted by molar-refractivity contribution is 5.37. The van der Waals surface area contributed by atoms with Gasteiger partial charge in [-0.15, -0.1) is 0 Å². The molecular formula is C14H12O. The minimum atomic E-state index is 0.721. The number of rotatable bonds is 2. The van der Waals surface area contributed by atoms with Gasteiger partial charge < -0.3 is 4.74 Å². The molecule has 2 aromatic rings. The summed E-state index contributed by atoms with van der Waals surface area (Å²) < 4.78 is 5.63. The van der Waals surface area contributed by atoms with Crippen molar-refractivity contribution in [2.75, 3.05) is 6.61 Å². The van der Waals surface area contributed by atoms with Gasteiger partial charge in [0.15, 0.2) is 0 Å². The van der Waals surface area contributed by atoms with E-state index < -0.39 is 0 Å². The lowest BCUT2D eigenvalue weighted by Gasteiger charge is -2.09. The minimum Gasteiger partial charge on any atom is -0.493 e. The predicted molar refractivity (Wildman–Crippen MR) is 59.4 cm³/mol. The van der Waals surface area contributed by atoms with Crippen molar-refractivity contribution in [1.29, 1.82) is 0 Å². The van der Waals surface area contributed by atoms with Crippen LogP contribution in [0.4, 0.5) is 0 Å². The van der Waals surface area contributed by atoms with E-state index in [1.54, 1.807) is 0 Å². The maximum Gasteiger partial charge on any atom is 0.127 e. The van der Waals surface area contributed by atoms with Crippen LogP contribution in [0.1, 0.15) is 6.92 Å². The predicted octanol–water partition coefficient (Wildman–Crippen LogP) is 2.97. The summed E-state index contributed by atoms with van der Waals surface area (Å²) in [7, 11) is 0. The molecule has 0 aliphatic heterocycles. The van der Waals surface area contributed by atoms with Gasteiger partial charge in [0.2, 0.25) is 0 Å². The molecule has 0 bridgehead atoms. The first-order valence-electron chi connectivity index (χ1n) is 5.27. The van der Waals surface area contributed by atoms with Crippen molar-refractivity contribution >= 4 is 0 Å². The van der Waals surface area contributed by atoms with Crippen LogP contribution in [0.5, 0.6) is 5.75 Å². The molecule has 0 aromatic heterocycles. The van der Waals surface area contributed by atoms with Crippen molar-refractivity contribution in [2.24, 2.45) is 0 Å². The lowest BCUT2D eigenvalue weighted by atomic mass is 10.0. The third-order valence-electron chi connectivity index (χ3n) is 2.81. The van der Waals surface area contributed by atoms with Crippen molar-refractivity contribution in [2.45, 2.75) is 6.92 Å². The van der Waals surface area contributed by atoms with Crippen LogP contribution in [0.3, 0.4) is 0 Å². The molecule has 1 aliphatic rings. The Morgan fingerprint density at radius 3 is 2.40 bits per heavy atom. The van der Waals surface area contributed by atoms with Crippen molar-refractivity contribution in [3.63, 3.8) is 0 Å². The molecule has 0 N–H and O–H groups in total. The Balaban J connectivity index is 2.44. The van der Waals surface area contributed by atoms with E-state index in [0.29, 0.717) is 0 Å². The van der Waals surface area contributed by atoms with E-state index >= 15 is 0 Å². The van der Waals surface area contributed by atoms with Crippen LogP contribution in [0.15, 0.2) is 42.5 Å². The summed E-state index contributed by atoms with van der Waals surface area (Å²) in [5, 5.41) is 5.25. The van der Waals surface area contributed by atoms with Gasteiger partial charge in [-0.05, 0) is 28.6 Å². The van der Waals surface area contributed by atoms with Gasteiger partial charge in [0.05, 0.1) is 6.61 Å². The molecule has 1 aliphatic carbocycles. The topological polar surface area (TPSA) is 9.23 Å². The van der Waals surface area contributed by atoms with Crippen LogP contribution in [0, 0.1) is 20.9 Å². The smallest absolute Gasteiger partial charge is 0.127 e. The maximum absolute atomic E-state index is 5.63. The van der Waals surface area contributed by atoms with Gasteiger partial charge in [-0.1, -0.05) is 36.4 Å². The second kappa shape index (κ2) is 3.13. The Morgan fingerprint density at radius 2 is 1.60 bits per heavy atom. The number of fused-ring (bicyclic) bond motifs is 2. The van der Waals surface area contributed by atoms with E-state index in [0.717, 1.165) is 12.4 Å². The number of hydrogen-bond acceptors (Lipinski definition) is 1. The van der Waals surface area contributed by atoms with Crippen molar-refractivity contribution in [1.82, 2.24) is 0 Å². The van der Waals surface area contributed by atoms with E-state index in [1.807, 2.05) is 13.0 Å². The molecule has 1 heteroatoms. The molecule has 74 valence electrons. The Hall–Kier alpha value is -1.76. The Morgan fingerprint density at radius 1 is 0.867 bits per heavy atom. The van der Waals surface area contributed by atoms with Gasteiger partial charge in [-0.25, -0.2) is 0 Å². The zero-order valence-corrected chi connectivity index (χ0v) is 8.66. The average Bonchev–Trinajstić information content (AvgIpc) is 2.26. The van der Waals surface area contributed by atoms with Gasteiger partial charge in [-0.3, -0.25) is 0 Å². The Kier molecular flexibility index (Phi) is 1.78. The molecule has 0 atom stereocenters. The van der Waals surface area contributed by atoms with Gasteiger partial charge in [0.1, 0.15) is 5.75 Å². The first kappa shape index (κ1) is 8.54. The molecule has 0 unspecified atom stereocenters. The fraction of sp³-hybridized carbons (Fsp3) is 0.143. The number of benzene rings is 2. The molecule has 3 rings (SSSR count). The van der Waals surface area contributed by atoms with E-state index in [-0.39, 0.29) is 0 Å². The summed E-state index contributed by atoms with van der Waals surface area (Å²) in [5.74, 6) is 1.01. The number of ether oxygens (including phenoxy) is 1. The SMILES string of the molecule is CCOc1cccc2c1=c1ccccc1=2. The normalized spacial score (nSPS) is 11.3. The van der Waals surface area contributed by atoms with Crippen molar-refractivity contribution in [3.8, 4) is 5.75 Å². The highest BCUT2D eigenvalue weighted by Gasteiger charge is 2.05. The summed E-state index contributed by atoms with van der Waals surface area (Å²) >= 11 is 0. The summed E-state index contributed by atoms with van der Waals surface area (Å²) in [4.78, 5) is 0. The van der Waals surface area contributed by atoms with Crippen molar-refractivity contribution < 1.29 is 4.74 Å². The Bertz CT molecular complexity index is 686. The lowest BCUT2D eigenvalue weighted by Crippen LogP contribution is -1.98. The molecule has 2 aromatic carbocycles. The van der Waals surface area contributed by atoms with Crippen molar-refractivity contribution in [3.05, 3.63) is 63.3 Å². The van der Waals surface area contributed by atoms with Gasteiger partial charge in [-0.2, -0.15) is 0 Å². The van der Waals surface area contributed by atoms with Gasteiger partial charge >= 0.3 is 0 Å². The molecule has 0 radical (unpaired) electrons. The lowest BCUT2D eigenvalue weighted by molar-refractivity contribution is 0.337. The summed E-state index contributed by atoms with van der Waals surface area (Å²) in [6, 6.07) is 14.7. The van der Waals surface area contributed by atoms with Gasteiger partial charge in [0.25, 0.3) is 0 Å². The van der Waals surface area contributed by atoms with Crippen LogP contribution in [-0.2, 0) is 0 Å². The fourth-order valence-electron chi connectivity index (χ4n) is 2.18. The van der Waals surface area contributed by atoms with E-state index in [2.05, 4.69) is 36.4 Å². The second-order valence-corrected chi connectivity index (χ2v) is 3.66. The first-order chi connectivity index (χ1) is 7.42. The molecule has 1 nitrogen and oxygen atoms in total. The molecule has 0 fully saturated rings. The van der Waals surface area contributed by atoms with Crippen LogP contribution < -0.4 is 4.74 Å². The minimum absolute atomic E-state index is 0.721. The standard InChI is InChI=1S/C14H12O/c1-2-15-13-9-5-8-12-10-6-3-4-7-11(10)14(12)13/h3-9H,2H2,1H3. The van der Waals surface area contributed by atoms with E-state index in [1.165, 1.54) is 20.9 Å². The van der Waals surface area contributed by atoms with E-state index in [4.69, 9.17) is 4.74 Å². The zero-order chi connectivity index (χ0) is 10.3. The highest BCUT2D eigenvalue weighted by atomic mass is 16.5. The molecular weight excluding hydrogens is 184 g/mol. The average molecular weight is 196 g/mol. The summed E-state index contributed by atoms with van der Waals surface area (Å²) in [5.41, 5.74) is 0. The van der Waals surface area contributed by atoms with Crippen LogP contribution in [0.2, 0.25) is 0 Å². The largest absolute Gasteiger partial charge is 0.493 e. The second-order valence-electron chi connectivity index (χ2n) is 3.66. The number of hydrogen-bond donors (Lipinski definition) is 0. The molecule has 15 heavy (non-hydrogen) atoms. The quantitative estimate of drug-likeness (QED) is 0.612. The third kappa shape index (κ3) is 1.09. The third-order valence-corrected chi connectivity index (χ3v) is 2.81. The molecule has 0 saturated carbocycles. The zero-order valence-electron chi connectivity index (χ0n) is 8.66.